The number of imidazole rings is 1. The predicted octanol–water partition coefficient (Wildman–Crippen LogP) is 8.66. The van der Waals surface area contributed by atoms with E-state index in [-0.39, 0.29) is 21.1 Å². The summed E-state index contributed by atoms with van der Waals surface area (Å²) in [6, 6.07) is 40.4. The monoisotopic (exact) mass is 789 g/mol. The zero-order valence-corrected chi connectivity index (χ0v) is 27.7. The Morgan fingerprint density at radius 3 is 2.36 bits per heavy atom. The maximum absolute atomic E-state index is 6.20. The van der Waals surface area contributed by atoms with Gasteiger partial charge in [0.25, 0.3) is 0 Å². The van der Waals surface area contributed by atoms with Crippen molar-refractivity contribution in [1.82, 2.24) is 28.7 Å². The summed E-state index contributed by atoms with van der Waals surface area (Å²) in [4.78, 5) is 14.2. The number of benzene rings is 4. The van der Waals surface area contributed by atoms with Crippen molar-refractivity contribution in [2.45, 2.75) is 0 Å². The molecule has 228 valence electrons. The van der Waals surface area contributed by atoms with Crippen LogP contribution in [0.4, 0.5) is 0 Å². The van der Waals surface area contributed by atoms with E-state index in [2.05, 4.69) is 88.0 Å². The van der Waals surface area contributed by atoms with Gasteiger partial charge in [-0.25, -0.2) is 4.98 Å². The summed E-state index contributed by atoms with van der Waals surface area (Å²) < 4.78 is 12.6. The first kappa shape index (κ1) is 28.9. The molecule has 9 aromatic rings. The average Bonchev–Trinajstić information content (AvgIpc) is 3.89. The number of oxazole rings is 1. The molecule has 0 radical (unpaired) electrons. The van der Waals surface area contributed by atoms with Crippen LogP contribution in [0.15, 0.2) is 126 Å². The van der Waals surface area contributed by atoms with Crippen LogP contribution in [0, 0.1) is 12.1 Å². The molecule has 0 unspecified atom stereocenters. The number of rotatable bonds is 5. The molecule has 0 aliphatic rings. The molecule has 0 saturated heterocycles. The summed E-state index contributed by atoms with van der Waals surface area (Å²) >= 11 is 0. The van der Waals surface area contributed by atoms with Crippen LogP contribution in [-0.4, -0.2) is 28.7 Å². The number of aromatic nitrogens is 6. The van der Waals surface area contributed by atoms with Gasteiger partial charge in [-0.2, -0.15) is 0 Å². The van der Waals surface area contributed by atoms with Crippen molar-refractivity contribution >= 4 is 32.9 Å². The van der Waals surface area contributed by atoms with E-state index in [0.29, 0.717) is 5.89 Å². The Bertz CT molecular complexity index is 2540. The summed E-state index contributed by atoms with van der Waals surface area (Å²) in [7, 11) is 4.08. The molecule has 47 heavy (non-hydrogen) atoms. The molecule has 7 nitrogen and oxygen atoms in total. The second-order valence-corrected chi connectivity index (χ2v) is 11.4. The van der Waals surface area contributed by atoms with Crippen LogP contribution in [0.25, 0.3) is 83.9 Å². The summed E-state index contributed by atoms with van der Waals surface area (Å²) in [5.41, 5.74) is 10.1. The van der Waals surface area contributed by atoms with E-state index in [9.17, 15) is 0 Å². The molecule has 4 aromatic carbocycles. The number of nitrogens with zero attached hydrogens (tertiary/aromatic N) is 6. The third-order valence-electron chi connectivity index (χ3n) is 8.59. The Morgan fingerprint density at radius 2 is 1.57 bits per heavy atom. The quantitative estimate of drug-likeness (QED) is 0.164. The largest absolute Gasteiger partial charge is 2.00 e. The maximum Gasteiger partial charge on any atom is 2.00 e. The van der Waals surface area contributed by atoms with E-state index in [1.54, 1.807) is 0 Å². The minimum Gasteiger partial charge on any atom is -0.481 e. The molecule has 0 atom stereocenters. The second-order valence-electron chi connectivity index (χ2n) is 11.4. The molecule has 9 rings (SSSR count). The molecule has 0 saturated carbocycles. The Hall–Kier alpha value is -5.52. The molecule has 5 aromatic heterocycles. The van der Waals surface area contributed by atoms with Crippen LogP contribution >= 0.6 is 0 Å². The number of pyridine rings is 1. The second kappa shape index (κ2) is 11.4. The molecule has 0 aliphatic heterocycles. The van der Waals surface area contributed by atoms with Crippen molar-refractivity contribution in [2.24, 2.45) is 14.1 Å². The van der Waals surface area contributed by atoms with Crippen molar-refractivity contribution in [1.29, 1.82) is 0 Å². The number of aryl methyl sites for hydroxylation is 2. The zero-order valence-electron chi connectivity index (χ0n) is 25.5. The van der Waals surface area contributed by atoms with Gasteiger partial charge in [0, 0.05) is 50.1 Å². The fraction of sp³-hybridized carbons (Fsp3) is 0.0513. The third kappa shape index (κ3) is 4.74. The van der Waals surface area contributed by atoms with Gasteiger partial charge in [0.05, 0.1) is 11.3 Å². The van der Waals surface area contributed by atoms with Gasteiger partial charge in [-0.3, -0.25) is 4.98 Å². The first-order valence-corrected chi connectivity index (χ1v) is 15.1. The first-order valence-electron chi connectivity index (χ1n) is 15.1. The van der Waals surface area contributed by atoms with Crippen LogP contribution in [-0.2, 0) is 35.2 Å². The van der Waals surface area contributed by atoms with Gasteiger partial charge in [-0.1, -0.05) is 47.3 Å². The van der Waals surface area contributed by atoms with Gasteiger partial charge in [0.1, 0.15) is 11.5 Å². The van der Waals surface area contributed by atoms with Gasteiger partial charge >= 0.3 is 21.1 Å². The van der Waals surface area contributed by atoms with E-state index in [4.69, 9.17) is 14.4 Å². The molecular formula is C39H26N6OPt. The molecule has 5 heterocycles. The van der Waals surface area contributed by atoms with Crippen molar-refractivity contribution in [2.75, 3.05) is 0 Å². The summed E-state index contributed by atoms with van der Waals surface area (Å²) in [5.74, 6) is 1.37. The Labute approximate surface area is 285 Å². The van der Waals surface area contributed by atoms with Crippen LogP contribution in [0.5, 0.6) is 0 Å². The maximum atomic E-state index is 6.20. The summed E-state index contributed by atoms with van der Waals surface area (Å²) in [5, 5.41) is 2.17. The van der Waals surface area contributed by atoms with Crippen LogP contribution in [0.3, 0.4) is 0 Å². The Morgan fingerprint density at radius 1 is 0.702 bits per heavy atom. The molecule has 0 aliphatic carbocycles. The number of hydrogen-bond acceptors (Lipinski definition) is 4. The summed E-state index contributed by atoms with van der Waals surface area (Å²) in [6.07, 6.45) is 7.66. The topological polar surface area (TPSA) is 66.6 Å². The predicted molar refractivity (Wildman–Crippen MR) is 181 cm³/mol. The minimum absolute atomic E-state index is 0. The zero-order chi connectivity index (χ0) is 30.8. The van der Waals surface area contributed by atoms with Gasteiger partial charge in [-0.15, -0.1) is 42.0 Å². The van der Waals surface area contributed by atoms with E-state index in [0.717, 1.165) is 78.1 Å². The fourth-order valence-electron chi connectivity index (χ4n) is 6.34. The van der Waals surface area contributed by atoms with E-state index >= 15 is 0 Å². The third-order valence-corrected chi connectivity index (χ3v) is 8.59. The summed E-state index contributed by atoms with van der Waals surface area (Å²) in [6.45, 7) is 0. The first-order chi connectivity index (χ1) is 22.6. The molecule has 0 amide bonds. The number of fused-ring (bicyclic) bond motifs is 4. The van der Waals surface area contributed by atoms with Crippen LogP contribution in [0.1, 0.15) is 0 Å². The Balaban J connectivity index is 0.00000324. The van der Waals surface area contributed by atoms with Crippen molar-refractivity contribution in [3.8, 4) is 51.0 Å². The smallest absolute Gasteiger partial charge is 0.481 e. The molecule has 8 heteroatoms. The van der Waals surface area contributed by atoms with E-state index in [1.165, 1.54) is 0 Å². The SMILES string of the molecule is Cn1cccc1-c1ccc2c(c1)c1ccc(-c3nc4ccccc4o3)[c-]c1n2-c1[c-]c(-c2ccccn2)ccc1-c1nccn1C.[Pt+2]. The molecule has 0 fully saturated rings. The van der Waals surface area contributed by atoms with Crippen molar-refractivity contribution in [3.63, 3.8) is 0 Å². The van der Waals surface area contributed by atoms with E-state index < -0.39 is 0 Å². The molecule has 0 bridgehead atoms. The fourth-order valence-corrected chi connectivity index (χ4v) is 6.34. The molecule has 0 N–H and O–H groups in total. The van der Waals surface area contributed by atoms with Gasteiger partial charge in [-0.05, 0) is 69.8 Å². The molecule has 0 spiro atoms. The minimum atomic E-state index is 0. The number of hydrogen-bond donors (Lipinski definition) is 0. The van der Waals surface area contributed by atoms with Crippen LogP contribution < -0.4 is 0 Å². The van der Waals surface area contributed by atoms with Crippen molar-refractivity contribution in [3.05, 3.63) is 134 Å². The number of para-hydroxylation sites is 2. The van der Waals surface area contributed by atoms with Gasteiger partial charge in [0.2, 0.25) is 0 Å². The van der Waals surface area contributed by atoms with Crippen molar-refractivity contribution < 1.29 is 25.5 Å². The van der Waals surface area contributed by atoms with Crippen LogP contribution in [0.2, 0.25) is 0 Å². The van der Waals surface area contributed by atoms with E-state index in [1.807, 2.05) is 78.7 Å². The average molecular weight is 790 g/mol. The normalized spacial score (nSPS) is 11.4. The standard InChI is InChI=1S/C39H26N6O.Pt/c1-43-20-7-10-33(43)26-14-17-34-30(22-26)28-15-13-27(39-42-32-9-3-4-11-37(32)46-39)24-35(28)45(34)36-23-25(31-8-5-6-18-40-31)12-16-29(36)38-41-19-21-44(38)2;/h3-22H,1-2H3;/q-2;+2. The molecular weight excluding hydrogens is 764 g/mol. The van der Waals surface area contributed by atoms with Gasteiger partial charge < -0.3 is 23.1 Å². The Kier molecular flexibility index (Phi) is 7.00. The van der Waals surface area contributed by atoms with Gasteiger partial charge in [0.15, 0.2) is 0 Å².